The Bertz CT molecular complexity index is 789. The Balaban J connectivity index is 1.52. The molecule has 2 aromatic carbocycles. The van der Waals surface area contributed by atoms with Crippen molar-refractivity contribution >= 4 is 12.1 Å². The van der Waals surface area contributed by atoms with E-state index in [1.165, 1.54) is 4.90 Å². The Kier molecular flexibility index (Phi) is 7.40. The largest absolute Gasteiger partial charge is 0.493 e. The Morgan fingerprint density at radius 2 is 1.96 bits per heavy atom. The van der Waals surface area contributed by atoms with Crippen LogP contribution in [0.1, 0.15) is 11.1 Å². The van der Waals surface area contributed by atoms with Gasteiger partial charge in [0, 0.05) is 0 Å². The zero-order valence-corrected chi connectivity index (χ0v) is 16.0. The third-order valence-electron chi connectivity index (χ3n) is 4.44. The minimum absolute atomic E-state index is 0.108. The number of carbonyl (C=O) groups excluding carboxylic acids is 1. The highest BCUT2D eigenvalue weighted by Crippen LogP contribution is 2.28. The van der Waals surface area contributed by atoms with Crippen molar-refractivity contribution in [2.24, 2.45) is 5.10 Å². The summed E-state index contributed by atoms with van der Waals surface area (Å²) in [6, 6.07) is 15.5. The van der Waals surface area contributed by atoms with Crippen LogP contribution < -0.4 is 19.8 Å². The number of morpholine rings is 1. The summed E-state index contributed by atoms with van der Waals surface area (Å²) in [7, 11) is 1.60. The van der Waals surface area contributed by atoms with E-state index in [4.69, 9.17) is 14.2 Å². The summed E-state index contributed by atoms with van der Waals surface area (Å²) in [6.07, 6.45) is 1.59. The number of quaternary nitrogens is 1. The third kappa shape index (κ3) is 6.07. The van der Waals surface area contributed by atoms with E-state index in [9.17, 15) is 4.79 Å². The molecule has 1 heterocycles. The quantitative estimate of drug-likeness (QED) is 0.518. The molecule has 7 nitrogen and oxygen atoms in total. The number of rotatable bonds is 8. The zero-order valence-electron chi connectivity index (χ0n) is 16.0. The fourth-order valence-corrected chi connectivity index (χ4v) is 2.90. The van der Waals surface area contributed by atoms with E-state index < -0.39 is 0 Å². The highest BCUT2D eigenvalue weighted by Gasteiger charge is 2.17. The van der Waals surface area contributed by atoms with Gasteiger partial charge in [0.05, 0.1) is 26.5 Å². The monoisotopic (exact) mass is 384 g/mol. The van der Waals surface area contributed by atoms with Gasteiger partial charge in [-0.15, -0.1) is 0 Å². The SMILES string of the molecule is COc1cc(/C=N\NC(=O)C[NH+]2CCOCC2)ccc1OCc1ccccc1. The highest BCUT2D eigenvalue weighted by molar-refractivity contribution is 5.83. The second-order valence-electron chi connectivity index (χ2n) is 6.52. The lowest BCUT2D eigenvalue weighted by Gasteiger charge is -2.22. The Labute approximate surface area is 164 Å². The van der Waals surface area contributed by atoms with Gasteiger partial charge < -0.3 is 19.1 Å². The molecule has 0 bridgehead atoms. The maximum Gasteiger partial charge on any atom is 0.295 e. The first-order chi connectivity index (χ1) is 13.7. The van der Waals surface area contributed by atoms with Crippen molar-refractivity contribution in [3.8, 4) is 11.5 Å². The van der Waals surface area contributed by atoms with Crippen LogP contribution in [0.4, 0.5) is 0 Å². The molecule has 0 spiro atoms. The van der Waals surface area contributed by atoms with Crippen LogP contribution in [0.15, 0.2) is 53.6 Å². The molecule has 0 atom stereocenters. The van der Waals surface area contributed by atoms with Crippen molar-refractivity contribution in [1.29, 1.82) is 0 Å². The normalized spacial score (nSPS) is 14.8. The zero-order chi connectivity index (χ0) is 19.6. The molecule has 7 heteroatoms. The van der Waals surface area contributed by atoms with Crippen molar-refractivity contribution in [1.82, 2.24) is 5.43 Å². The van der Waals surface area contributed by atoms with Crippen LogP contribution in [0.3, 0.4) is 0 Å². The van der Waals surface area contributed by atoms with Gasteiger partial charge in [0.15, 0.2) is 18.0 Å². The van der Waals surface area contributed by atoms with E-state index in [1.807, 2.05) is 48.5 Å². The van der Waals surface area contributed by atoms with E-state index in [1.54, 1.807) is 13.3 Å². The standard InChI is InChI=1S/C21H25N3O4/c1-26-20-13-18(7-8-19(20)28-16-17-5-3-2-4-6-17)14-22-23-21(25)15-24-9-11-27-12-10-24/h2-8,13-14H,9-12,15-16H2,1H3,(H,23,25)/p+1/b22-14-. The van der Waals surface area contributed by atoms with Crippen LogP contribution in [0.5, 0.6) is 11.5 Å². The second-order valence-corrected chi connectivity index (χ2v) is 6.52. The number of carbonyl (C=O) groups is 1. The average Bonchev–Trinajstić information content (AvgIpc) is 2.74. The predicted octanol–water partition coefficient (Wildman–Crippen LogP) is 0.639. The first-order valence-electron chi connectivity index (χ1n) is 9.32. The molecule has 1 amide bonds. The molecule has 3 rings (SSSR count). The number of ether oxygens (including phenoxy) is 3. The van der Waals surface area contributed by atoms with Crippen LogP contribution in [-0.2, 0) is 16.1 Å². The molecule has 1 saturated heterocycles. The van der Waals surface area contributed by atoms with Gasteiger partial charge in [0.2, 0.25) is 0 Å². The molecule has 1 fully saturated rings. The van der Waals surface area contributed by atoms with Crippen molar-refractivity contribution in [3.05, 3.63) is 59.7 Å². The summed E-state index contributed by atoms with van der Waals surface area (Å²) in [5, 5.41) is 4.04. The number of benzene rings is 2. The summed E-state index contributed by atoms with van der Waals surface area (Å²) in [5.74, 6) is 1.16. The molecule has 0 saturated carbocycles. The topological polar surface area (TPSA) is 73.6 Å². The second kappa shape index (κ2) is 10.4. The number of nitrogens with one attached hydrogen (secondary N) is 2. The van der Waals surface area contributed by atoms with Crippen molar-refractivity contribution in [2.75, 3.05) is 40.0 Å². The lowest BCUT2D eigenvalue weighted by Crippen LogP contribution is -3.15. The van der Waals surface area contributed by atoms with E-state index in [2.05, 4.69) is 10.5 Å². The Morgan fingerprint density at radius 3 is 2.71 bits per heavy atom. The van der Waals surface area contributed by atoms with Crippen molar-refractivity contribution in [3.63, 3.8) is 0 Å². The summed E-state index contributed by atoms with van der Waals surface area (Å²) in [5.41, 5.74) is 4.47. The average molecular weight is 384 g/mol. The first-order valence-corrected chi connectivity index (χ1v) is 9.32. The molecule has 1 aliphatic rings. The Hall–Kier alpha value is -2.90. The fraction of sp³-hybridized carbons (Fsp3) is 0.333. The minimum atomic E-state index is -0.108. The maximum absolute atomic E-state index is 12.0. The lowest BCUT2D eigenvalue weighted by atomic mass is 10.2. The third-order valence-corrected chi connectivity index (χ3v) is 4.44. The number of hydrazone groups is 1. The highest BCUT2D eigenvalue weighted by atomic mass is 16.5. The Morgan fingerprint density at radius 1 is 1.18 bits per heavy atom. The van der Waals surface area contributed by atoms with Gasteiger partial charge in [0.25, 0.3) is 5.91 Å². The van der Waals surface area contributed by atoms with Crippen molar-refractivity contribution in [2.45, 2.75) is 6.61 Å². The first kappa shape index (κ1) is 19.9. The van der Waals surface area contributed by atoms with E-state index in [-0.39, 0.29) is 5.91 Å². The molecule has 0 aromatic heterocycles. The number of amides is 1. The summed E-state index contributed by atoms with van der Waals surface area (Å²) in [4.78, 5) is 13.2. The maximum atomic E-state index is 12.0. The van der Waals surface area contributed by atoms with Gasteiger partial charge in [-0.05, 0) is 29.3 Å². The molecule has 148 valence electrons. The van der Waals surface area contributed by atoms with Crippen molar-refractivity contribution < 1.29 is 23.9 Å². The summed E-state index contributed by atoms with van der Waals surface area (Å²) in [6.45, 7) is 3.95. The van der Waals surface area contributed by atoms with E-state index in [0.717, 1.165) is 24.2 Å². The molecule has 2 aromatic rings. The molecule has 0 radical (unpaired) electrons. The van der Waals surface area contributed by atoms with E-state index in [0.29, 0.717) is 37.9 Å². The summed E-state index contributed by atoms with van der Waals surface area (Å²) >= 11 is 0. The number of nitrogens with zero attached hydrogens (tertiary/aromatic N) is 1. The number of hydrogen-bond donors (Lipinski definition) is 2. The van der Waals surface area contributed by atoms with Gasteiger partial charge in [-0.2, -0.15) is 5.10 Å². The van der Waals surface area contributed by atoms with E-state index >= 15 is 0 Å². The van der Waals surface area contributed by atoms with Gasteiger partial charge in [-0.3, -0.25) is 4.79 Å². The van der Waals surface area contributed by atoms with Crippen LogP contribution in [0, 0.1) is 0 Å². The van der Waals surface area contributed by atoms with Gasteiger partial charge in [-0.25, -0.2) is 5.43 Å². The molecular formula is C21H26N3O4+. The molecule has 0 aliphatic carbocycles. The number of hydrogen-bond acceptors (Lipinski definition) is 5. The van der Waals surface area contributed by atoms with Gasteiger partial charge >= 0.3 is 0 Å². The lowest BCUT2D eigenvalue weighted by molar-refractivity contribution is -0.900. The van der Waals surface area contributed by atoms with Crippen LogP contribution in [0.2, 0.25) is 0 Å². The fourth-order valence-electron chi connectivity index (χ4n) is 2.90. The van der Waals surface area contributed by atoms with Crippen LogP contribution >= 0.6 is 0 Å². The van der Waals surface area contributed by atoms with Crippen LogP contribution in [-0.4, -0.2) is 52.1 Å². The van der Waals surface area contributed by atoms with Crippen LogP contribution in [0.25, 0.3) is 0 Å². The van der Waals surface area contributed by atoms with Gasteiger partial charge in [0.1, 0.15) is 19.7 Å². The predicted molar refractivity (Wildman–Crippen MR) is 106 cm³/mol. The molecule has 2 N–H and O–H groups in total. The molecular weight excluding hydrogens is 358 g/mol. The smallest absolute Gasteiger partial charge is 0.295 e. The van der Waals surface area contributed by atoms with Gasteiger partial charge in [-0.1, -0.05) is 30.3 Å². The summed E-state index contributed by atoms with van der Waals surface area (Å²) < 4.78 is 16.5. The molecule has 0 unspecified atom stereocenters. The number of methoxy groups -OCH3 is 1. The molecule has 28 heavy (non-hydrogen) atoms. The minimum Gasteiger partial charge on any atom is -0.493 e. The molecule has 1 aliphatic heterocycles.